The number of ketones is 1. The molecule has 0 spiro atoms. The molecule has 8 heteroatoms. The number of rotatable bonds is 4. The second-order valence-corrected chi connectivity index (χ2v) is 6.89. The van der Waals surface area contributed by atoms with Crippen LogP contribution in [0.5, 0.6) is 0 Å². The summed E-state index contributed by atoms with van der Waals surface area (Å²) < 4.78 is 7.17. The third-order valence-corrected chi connectivity index (χ3v) is 5.21. The average molecular weight is 370 g/mol. The highest BCUT2D eigenvalue weighted by Gasteiger charge is 2.34. The van der Waals surface area contributed by atoms with E-state index in [0.717, 1.165) is 18.7 Å². The summed E-state index contributed by atoms with van der Waals surface area (Å²) >= 11 is 0. The van der Waals surface area contributed by atoms with Crippen molar-refractivity contribution in [3.8, 4) is 0 Å². The number of amides is 2. The second-order valence-electron chi connectivity index (χ2n) is 6.89. The number of hydrogen-bond donors (Lipinski definition) is 1. The van der Waals surface area contributed by atoms with Gasteiger partial charge in [-0.25, -0.2) is 4.68 Å². The number of hydrogen-bond acceptors (Lipinski definition) is 5. The number of furan rings is 1. The van der Waals surface area contributed by atoms with Gasteiger partial charge in [0, 0.05) is 32.0 Å². The van der Waals surface area contributed by atoms with Crippen molar-refractivity contribution < 1.29 is 18.8 Å². The molecule has 1 atom stereocenters. The van der Waals surface area contributed by atoms with Gasteiger partial charge in [-0.2, -0.15) is 5.10 Å². The Hall–Kier alpha value is -2.90. The van der Waals surface area contributed by atoms with Crippen LogP contribution in [-0.2, 0) is 17.8 Å². The van der Waals surface area contributed by atoms with E-state index in [1.165, 1.54) is 6.26 Å². The number of nitrogens with zero attached hydrogens (tertiary/aromatic N) is 3. The number of piperidine rings is 1. The minimum atomic E-state index is -0.629. The van der Waals surface area contributed by atoms with Crippen LogP contribution in [0.15, 0.2) is 22.9 Å². The fraction of sp³-hybridized carbons (Fsp3) is 0.474. The summed E-state index contributed by atoms with van der Waals surface area (Å²) in [7, 11) is 0. The molecule has 8 nitrogen and oxygen atoms in total. The molecule has 1 aliphatic heterocycles. The number of fused-ring (bicyclic) bond motifs is 1. The molecule has 4 rings (SSSR count). The molecule has 0 bridgehead atoms. The summed E-state index contributed by atoms with van der Waals surface area (Å²) in [4.78, 5) is 39.5. The number of nitrogens with one attached hydrogen (secondary N) is 1. The zero-order chi connectivity index (χ0) is 19.0. The highest BCUT2D eigenvalue weighted by Crippen LogP contribution is 2.27. The van der Waals surface area contributed by atoms with E-state index >= 15 is 0 Å². The molecule has 2 aliphatic rings. The number of aromatic nitrogens is 2. The summed E-state index contributed by atoms with van der Waals surface area (Å²) in [5.41, 5.74) is 0.612. The van der Waals surface area contributed by atoms with Crippen LogP contribution in [0.4, 0.5) is 5.82 Å². The Morgan fingerprint density at radius 2 is 2.19 bits per heavy atom. The average Bonchev–Trinajstić information content (AvgIpc) is 3.30. The van der Waals surface area contributed by atoms with E-state index in [0.29, 0.717) is 43.7 Å². The molecule has 2 aromatic heterocycles. The van der Waals surface area contributed by atoms with Crippen molar-refractivity contribution in [3.63, 3.8) is 0 Å². The van der Waals surface area contributed by atoms with Crippen molar-refractivity contribution in [1.82, 2.24) is 15.1 Å². The molecule has 27 heavy (non-hydrogen) atoms. The highest BCUT2D eigenvalue weighted by atomic mass is 16.3. The molecule has 142 valence electrons. The molecule has 2 amide bonds. The molecule has 0 saturated carbocycles. The van der Waals surface area contributed by atoms with Gasteiger partial charge in [0.2, 0.25) is 0 Å². The molecule has 2 aromatic rings. The van der Waals surface area contributed by atoms with E-state index in [1.807, 2.05) is 6.92 Å². The van der Waals surface area contributed by atoms with Gasteiger partial charge >= 0.3 is 0 Å². The van der Waals surface area contributed by atoms with Crippen molar-refractivity contribution >= 4 is 23.4 Å². The van der Waals surface area contributed by atoms with Crippen molar-refractivity contribution in [1.29, 1.82) is 0 Å². The van der Waals surface area contributed by atoms with E-state index < -0.39 is 11.9 Å². The monoisotopic (exact) mass is 370 g/mol. The van der Waals surface area contributed by atoms with Gasteiger partial charge in [0.25, 0.3) is 11.8 Å². The standard InChI is InChI=1S/C19H22N4O4/c1-2-23-16(8-9-20-23)22-10-4-5-13(19(22)26)21-18(25)12-11-27-15-7-3-6-14(24)17(12)15/h8-9,11,13H,2-7,10H2,1H3,(H,21,25). The molecular formula is C19H22N4O4. The van der Waals surface area contributed by atoms with E-state index in [2.05, 4.69) is 10.4 Å². The van der Waals surface area contributed by atoms with Crippen molar-refractivity contribution in [3.05, 3.63) is 35.4 Å². The molecule has 1 N–H and O–H groups in total. The van der Waals surface area contributed by atoms with Crippen LogP contribution >= 0.6 is 0 Å². The molecule has 1 unspecified atom stereocenters. The van der Waals surface area contributed by atoms with Gasteiger partial charge in [0.1, 0.15) is 23.9 Å². The second kappa shape index (κ2) is 7.02. The Morgan fingerprint density at radius 1 is 1.33 bits per heavy atom. The Balaban J connectivity index is 1.53. The zero-order valence-electron chi connectivity index (χ0n) is 15.2. The van der Waals surface area contributed by atoms with Gasteiger partial charge in [-0.1, -0.05) is 0 Å². The summed E-state index contributed by atoms with van der Waals surface area (Å²) in [6.07, 6.45) is 6.15. The van der Waals surface area contributed by atoms with Crippen LogP contribution in [0, 0.1) is 0 Å². The van der Waals surface area contributed by atoms with Gasteiger partial charge in [0.15, 0.2) is 5.78 Å². The van der Waals surface area contributed by atoms with Gasteiger partial charge in [-0.05, 0) is 26.2 Å². The number of anilines is 1. The molecular weight excluding hydrogens is 348 g/mol. The topological polar surface area (TPSA) is 97.4 Å². The van der Waals surface area contributed by atoms with Crippen LogP contribution in [0.25, 0.3) is 0 Å². The SMILES string of the molecule is CCn1nccc1N1CCCC(NC(=O)c2coc3c2C(=O)CCC3)C1=O. The minimum absolute atomic E-state index is 0.0707. The largest absolute Gasteiger partial charge is 0.468 e. The first-order chi connectivity index (χ1) is 13.1. The number of carbonyl (C=O) groups excluding carboxylic acids is 3. The van der Waals surface area contributed by atoms with Crippen molar-refractivity contribution in [2.24, 2.45) is 0 Å². The normalized spacial score (nSPS) is 19.9. The molecule has 1 saturated heterocycles. The van der Waals surface area contributed by atoms with E-state index in [1.54, 1.807) is 21.8 Å². The van der Waals surface area contributed by atoms with Crippen molar-refractivity contribution in [2.75, 3.05) is 11.4 Å². The van der Waals surface area contributed by atoms with Crippen LogP contribution < -0.4 is 10.2 Å². The fourth-order valence-electron chi connectivity index (χ4n) is 3.86. The molecule has 0 aromatic carbocycles. The zero-order valence-corrected chi connectivity index (χ0v) is 15.2. The van der Waals surface area contributed by atoms with Gasteiger partial charge in [-0.3, -0.25) is 19.3 Å². The lowest BCUT2D eigenvalue weighted by atomic mass is 9.93. The van der Waals surface area contributed by atoms with E-state index in [-0.39, 0.29) is 17.3 Å². The van der Waals surface area contributed by atoms with Crippen LogP contribution in [0.2, 0.25) is 0 Å². The first-order valence-electron chi connectivity index (χ1n) is 9.37. The van der Waals surface area contributed by atoms with Crippen molar-refractivity contribution in [2.45, 2.75) is 51.6 Å². The van der Waals surface area contributed by atoms with E-state index in [9.17, 15) is 14.4 Å². The Morgan fingerprint density at radius 3 is 3.00 bits per heavy atom. The smallest absolute Gasteiger partial charge is 0.255 e. The first kappa shape index (κ1) is 17.5. The third kappa shape index (κ3) is 3.05. The number of aryl methyl sites for hydroxylation is 2. The van der Waals surface area contributed by atoms with Crippen LogP contribution in [-0.4, -0.2) is 40.0 Å². The summed E-state index contributed by atoms with van der Waals surface area (Å²) in [6.45, 7) is 3.21. The summed E-state index contributed by atoms with van der Waals surface area (Å²) in [5, 5.41) is 7.01. The van der Waals surface area contributed by atoms with E-state index in [4.69, 9.17) is 4.42 Å². The Kier molecular flexibility index (Phi) is 4.55. The van der Waals surface area contributed by atoms with Crippen LogP contribution in [0.1, 0.15) is 59.1 Å². The quantitative estimate of drug-likeness (QED) is 0.887. The highest BCUT2D eigenvalue weighted by molar-refractivity contribution is 6.10. The summed E-state index contributed by atoms with van der Waals surface area (Å²) in [6, 6.07) is 1.17. The first-order valence-corrected chi connectivity index (χ1v) is 9.37. The predicted octanol–water partition coefficient (Wildman–Crippen LogP) is 1.94. The lowest BCUT2D eigenvalue weighted by Gasteiger charge is -2.32. The number of Topliss-reactive ketones (excluding diaryl/α,β-unsaturated/α-hetero) is 1. The van der Waals surface area contributed by atoms with Gasteiger partial charge < -0.3 is 9.73 Å². The van der Waals surface area contributed by atoms with Crippen LogP contribution in [0.3, 0.4) is 0 Å². The Labute approximate surface area is 156 Å². The lowest BCUT2D eigenvalue weighted by Crippen LogP contribution is -2.53. The van der Waals surface area contributed by atoms with Gasteiger partial charge in [-0.15, -0.1) is 0 Å². The maximum Gasteiger partial charge on any atom is 0.255 e. The fourth-order valence-corrected chi connectivity index (χ4v) is 3.86. The maximum atomic E-state index is 12.9. The third-order valence-electron chi connectivity index (χ3n) is 5.21. The molecule has 1 aliphatic carbocycles. The molecule has 3 heterocycles. The maximum absolute atomic E-state index is 12.9. The molecule has 0 radical (unpaired) electrons. The van der Waals surface area contributed by atoms with Gasteiger partial charge in [0.05, 0.1) is 17.3 Å². The predicted molar refractivity (Wildman–Crippen MR) is 96.7 cm³/mol. The number of carbonyl (C=O) groups is 3. The summed E-state index contributed by atoms with van der Waals surface area (Å²) in [5.74, 6) is 0.642. The Bertz CT molecular complexity index is 897. The minimum Gasteiger partial charge on any atom is -0.468 e. The molecule has 1 fully saturated rings. The lowest BCUT2D eigenvalue weighted by molar-refractivity contribution is -0.121.